The number of carboxylic acids is 1. The van der Waals surface area contributed by atoms with Gasteiger partial charge in [0.2, 0.25) is 0 Å². The lowest BCUT2D eigenvalue weighted by Crippen LogP contribution is -2.50. The van der Waals surface area contributed by atoms with Gasteiger partial charge in [0, 0.05) is 13.1 Å². The molecule has 0 saturated heterocycles. The zero-order valence-corrected chi connectivity index (χ0v) is 12.9. The zero-order valence-electron chi connectivity index (χ0n) is 12.9. The SMILES string of the molecule is CCCNC(C)(CCCN1CCn2cnnc2C1)C(=O)O. The van der Waals surface area contributed by atoms with Crippen molar-refractivity contribution in [3.05, 3.63) is 12.2 Å². The van der Waals surface area contributed by atoms with Crippen LogP contribution in [-0.4, -0.2) is 55.9 Å². The predicted molar refractivity (Wildman–Crippen MR) is 78.9 cm³/mol. The first-order valence-electron chi connectivity index (χ1n) is 7.62. The van der Waals surface area contributed by atoms with E-state index < -0.39 is 11.5 Å². The number of carbonyl (C=O) groups is 1. The Kier molecular flexibility index (Phi) is 5.30. The second kappa shape index (κ2) is 7.00. The predicted octanol–water partition coefficient (Wildman–Crippen LogP) is 0.717. The van der Waals surface area contributed by atoms with E-state index >= 15 is 0 Å². The fourth-order valence-corrected chi connectivity index (χ4v) is 2.64. The van der Waals surface area contributed by atoms with Crippen molar-refractivity contribution in [2.45, 2.75) is 51.7 Å². The van der Waals surface area contributed by atoms with Crippen LogP contribution in [0.15, 0.2) is 6.33 Å². The van der Waals surface area contributed by atoms with Crippen LogP contribution in [0.5, 0.6) is 0 Å². The molecule has 21 heavy (non-hydrogen) atoms. The van der Waals surface area contributed by atoms with Gasteiger partial charge >= 0.3 is 5.97 Å². The third kappa shape index (κ3) is 4.01. The Bertz CT molecular complexity index is 476. The van der Waals surface area contributed by atoms with E-state index in [1.165, 1.54) is 0 Å². The van der Waals surface area contributed by atoms with Gasteiger partial charge in [-0.25, -0.2) is 0 Å². The molecule has 0 spiro atoms. The minimum absolute atomic E-state index is 0.630. The van der Waals surface area contributed by atoms with Gasteiger partial charge in [-0.05, 0) is 39.3 Å². The summed E-state index contributed by atoms with van der Waals surface area (Å²) in [6.07, 6.45) is 4.19. The highest BCUT2D eigenvalue weighted by molar-refractivity contribution is 5.78. The monoisotopic (exact) mass is 295 g/mol. The first-order chi connectivity index (χ1) is 10.0. The molecule has 2 N–H and O–H groups in total. The Labute approximate surface area is 125 Å². The highest BCUT2D eigenvalue weighted by atomic mass is 16.4. The molecule has 7 heteroatoms. The molecule has 1 atom stereocenters. The van der Waals surface area contributed by atoms with Crippen LogP contribution in [0.4, 0.5) is 0 Å². The molecule has 7 nitrogen and oxygen atoms in total. The molecule has 0 radical (unpaired) electrons. The van der Waals surface area contributed by atoms with Crippen molar-refractivity contribution in [1.82, 2.24) is 25.0 Å². The van der Waals surface area contributed by atoms with E-state index in [0.29, 0.717) is 6.42 Å². The number of carboxylic acid groups (broad SMARTS) is 1. The molecule has 1 aliphatic heterocycles. The molecular formula is C14H25N5O2. The lowest BCUT2D eigenvalue weighted by molar-refractivity contribution is -0.144. The summed E-state index contributed by atoms with van der Waals surface area (Å²) in [6.45, 7) is 8.12. The smallest absolute Gasteiger partial charge is 0.323 e. The molecule has 2 rings (SSSR count). The summed E-state index contributed by atoms with van der Waals surface area (Å²) >= 11 is 0. The normalized spacial score (nSPS) is 18.2. The van der Waals surface area contributed by atoms with E-state index in [4.69, 9.17) is 0 Å². The van der Waals surface area contributed by atoms with Crippen LogP contribution < -0.4 is 5.32 Å². The summed E-state index contributed by atoms with van der Waals surface area (Å²) in [7, 11) is 0. The summed E-state index contributed by atoms with van der Waals surface area (Å²) in [5.41, 5.74) is -0.828. The Balaban J connectivity index is 1.79. The third-order valence-corrected chi connectivity index (χ3v) is 4.11. The summed E-state index contributed by atoms with van der Waals surface area (Å²) in [5, 5.41) is 20.6. The van der Waals surface area contributed by atoms with Crippen molar-refractivity contribution in [3.8, 4) is 0 Å². The van der Waals surface area contributed by atoms with E-state index in [0.717, 1.165) is 51.4 Å². The molecule has 2 heterocycles. The van der Waals surface area contributed by atoms with E-state index in [1.54, 1.807) is 13.3 Å². The maximum Gasteiger partial charge on any atom is 0.323 e. The van der Waals surface area contributed by atoms with Gasteiger partial charge in [-0.3, -0.25) is 9.69 Å². The van der Waals surface area contributed by atoms with Crippen molar-refractivity contribution < 1.29 is 9.90 Å². The maximum atomic E-state index is 11.4. The van der Waals surface area contributed by atoms with E-state index in [1.807, 2.05) is 6.92 Å². The number of nitrogens with one attached hydrogen (secondary N) is 1. The molecule has 1 aromatic heterocycles. The van der Waals surface area contributed by atoms with Crippen LogP contribution in [0.3, 0.4) is 0 Å². The Morgan fingerprint density at radius 2 is 2.33 bits per heavy atom. The molecule has 0 saturated carbocycles. The minimum Gasteiger partial charge on any atom is -0.480 e. The van der Waals surface area contributed by atoms with Crippen molar-refractivity contribution in [3.63, 3.8) is 0 Å². The molecule has 0 aliphatic carbocycles. The van der Waals surface area contributed by atoms with E-state index in [-0.39, 0.29) is 0 Å². The lowest BCUT2D eigenvalue weighted by Gasteiger charge is -2.30. The van der Waals surface area contributed by atoms with Gasteiger partial charge < -0.3 is 15.0 Å². The number of rotatable bonds is 8. The Morgan fingerprint density at radius 1 is 1.52 bits per heavy atom. The summed E-state index contributed by atoms with van der Waals surface area (Å²) < 4.78 is 2.07. The first-order valence-corrected chi connectivity index (χ1v) is 7.62. The third-order valence-electron chi connectivity index (χ3n) is 4.11. The number of aliphatic carboxylic acids is 1. The first kappa shape index (κ1) is 15.9. The van der Waals surface area contributed by atoms with E-state index in [2.05, 4.69) is 25.0 Å². The topological polar surface area (TPSA) is 83.3 Å². The number of nitrogens with zero attached hydrogens (tertiary/aromatic N) is 4. The van der Waals surface area contributed by atoms with Crippen LogP contribution in [0.25, 0.3) is 0 Å². The van der Waals surface area contributed by atoms with Gasteiger partial charge in [0.05, 0.1) is 6.54 Å². The number of aromatic nitrogens is 3. The minimum atomic E-state index is -0.828. The van der Waals surface area contributed by atoms with Crippen molar-refractivity contribution in [1.29, 1.82) is 0 Å². The number of hydrogen-bond donors (Lipinski definition) is 2. The average Bonchev–Trinajstić information content (AvgIpc) is 2.92. The van der Waals surface area contributed by atoms with Crippen molar-refractivity contribution >= 4 is 5.97 Å². The lowest BCUT2D eigenvalue weighted by atomic mass is 9.95. The highest BCUT2D eigenvalue weighted by Crippen LogP contribution is 2.15. The molecule has 0 aromatic carbocycles. The number of hydrogen-bond acceptors (Lipinski definition) is 5. The second-order valence-corrected chi connectivity index (χ2v) is 5.88. The molecule has 1 unspecified atom stereocenters. The molecule has 118 valence electrons. The quantitative estimate of drug-likeness (QED) is 0.735. The largest absolute Gasteiger partial charge is 0.480 e. The van der Waals surface area contributed by atoms with Crippen molar-refractivity contribution in [2.24, 2.45) is 0 Å². The molecule has 1 aliphatic rings. The Morgan fingerprint density at radius 3 is 3.05 bits per heavy atom. The van der Waals surface area contributed by atoms with Crippen LogP contribution in [0, 0.1) is 0 Å². The van der Waals surface area contributed by atoms with Gasteiger partial charge in [-0.2, -0.15) is 0 Å². The van der Waals surface area contributed by atoms with Crippen LogP contribution >= 0.6 is 0 Å². The van der Waals surface area contributed by atoms with Gasteiger partial charge in [0.1, 0.15) is 17.7 Å². The van der Waals surface area contributed by atoms with Crippen LogP contribution in [-0.2, 0) is 17.9 Å². The molecule has 0 fully saturated rings. The van der Waals surface area contributed by atoms with Gasteiger partial charge in [-0.15, -0.1) is 10.2 Å². The standard InChI is InChI=1S/C14H25N5O2/c1-3-6-15-14(2,13(20)21)5-4-7-18-8-9-19-11-16-17-12(19)10-18/h11,15H,3-10H2,1-2H3,(H,20,21). The summed E-state index contributed by atoms with van der Waals surface area (Å²) in [4.78, 5) is 13.8. The zero-order chi connectivity index (χ0) is 15.3. The molecule has 0 amide bonds. The molecule has 0 bridgehead atoms. The molecule has 1 aromatic rings. The fraction of sp³-hybridized carbons (Fsp3) is 0.786. The average molecular weight is 295 g/mol. The van der Waals surface area contributed by atoms with E-state index in [9.17, 15) is 9.90 Å². The van der Waals surface area contributed by atoms with Crippen LogP contribution in [0.1, 0.15) is 38.9 Å². The maximum absolute atomic E-state index is 11.4. The number of fused-ring (bicyclic) bond motifs is 1. The second-order valence-electron chi connectivity index (χ2n) is 5.88. The highest BCUT2D eigenvalue weighted by Gasteiger charge is 2.31. The van der Waals surface area contributed by atoms with Gasteiger partial charge in [0.15, 0.2) is 0 Å². The summed E-state index contributed by atoms with van der Waals surface area (Å²) in [6, 6.07) is 0. The van der Waals surface area contributed by atoms with Gasteiger partial charge in [-0.1, -0.05) is 6.92 Å². The summed E-state index contributed by atoms with van der Waals surface area (Å²) in [5.74, 6) is 0.223. The van der Waals surface area contributed by atoms with Gasteiger partial charge in [0.25, 0.3) is 0 Å². The van der Waals surface area contributed by atoms with Crippen LogP contribution in [0.2, 0.25) is 0 Å². The Hall–Kier alpha value is -1.47. The fourth-order valence-electron chi connectivity index (χ4n) is 2.64. The molecular weight excluding hydrogens is 270 g/mol. The van der Waals surface area contributed by atoms with Crippen molar-refractivity contribution in [2.75, 3.05) is 19.6 Å².